The van der Waals surface area contributed by atoms with E-state index in [4.69, 9.17) is 4.74 Å². The zero-order valence-electron chi connectivity index (χ0n) is 12.6. The van der Waals surface area contributed by atoms with Crippen LogP contribution in [0.3, 0.4) is 0 Å². The molecule has 2 rings (SSSR count). The SMILES string of the molecule is O=C(COC(=O)/C=C/c1nccs1)NC(=O)NCCc1cccs1. The summed E-state index contributed by atoms with van der Waals surface area (Å²) < 4.78 is 4.73. The van der Waals surface area contributed by atoms with Gasteiger partial charge in [0, 0.05) is 29.1 Å². The number of amides is 3. The van der Waals surface area contributed by atoms with Gasteiger partial charge in [-0.15, -0.1) is 22.7 Å². The number of nitrogens with zero attached hydrogens (tertiary/aromatic N) is 1. The van der Waals surface area contributed by atoms with Crippen molar-refractivity contribution in [1.82, 2.24) is 15.6 Å². The quantitative estimate of drug-likeness (QED) is 0.576. The van der Waals surface area contributed by atoms with Crippen LogP contribution in [0.15, 0.2) is 35.2 Å². The van der Waals surface area contributed by atoms with Gasteiger partial charge in [-0.25, -0.2) is 14.6 Å². The lowest BCUT2D eigenvalue weighted by Gasteiger charge is -2.06. The fraction of sp³-hybridized carbons (Fsp3) is 0.200. The molecule has 0 aliphatic carbocycles. The second-order valence-corrected chi connectivity index (χ2v) is 6.40. The van der Waals surface area contributed by atoms with Crippen molar-refractivity contribution in [2.45, 2.75) is 6.42 Å². The number of carbonyl (C=O) groups excluding carboxylic acids is 3. The summed E-state index contributed by atoms with van der Waals surface area (Å²) >= 11 is 2.96. The van der Waals surface area contributed by atoms with E-state index in [-0.39, 0.29) is 0 Å². The van der Waals surface area contributed by atoms with Crippen LogP contribution in [0.25, 0.3) is 6.08 Å². The molecule has 0 fully saturated rings. The molecule has 0 atom stereocenters. The number of esters is 1. The van der Waals surface area contributed by atoms with Crippen molar-refractivity contribution in [1.29, 1.82) is 0 Å². The van der Waals surface area contributed by atoms with Gasteiger partial charge < -0.3 is 10.1 Å². The smallest absolute Gasteiger partial charge is 0.331 e. The number of carbonyl (C=O) groups is 3. The molecule has 0 aliphatic rings. The summed E-state index contributed by atoms with van der Waals surface area (Å²) in [4.78, 5) is 39.5. The van der Waals surface area contributed by atoms with Crippen molar-refractivity contribution in [2.75, 3.05) is 13.2 Å². The number of thiazole rings is 1. The molecule has 0 aliphatic heterocycles. The number of aromatic nitrogens is 1. The lowest BCUT2D eigenvalue weighted by atomic mass is 10.3. The first-order valence-electron chi connectivity index (χ1n) is 6.98. The Hall–Kier alpha value is -2.52. The van der Waals surface area contributed by atoms with Gasteiger partial charge >= 0.3 is 12.0 Å². The van der Waals surface area contributed by atoms with Gasteiger partial charge in [0.25, 0.3) is 5.91 Å². The van der Waals surface area contributed by atoms with Gasteiger partial charge in [0.15, 0.2) is 6.61 Å². The van der Waals surface area contributed by atoms with Gasteiger partial charge in [-0.3, -0.25) is 10.1 Å². The number of imide groups is 1. The maximum atomic E-state index is 11.5. The third-order valence-electron chi connectivity index (χ3n) is 2.65. The van der Waals surface area contributed by atoms with E-state index in [0.29, 0.717) is 18.0 Å². The number of thiophene rings is 1. The second kappa shape index (κ2) is 9.58. The Morgan fingerprint density at radius 2 is 2.12 bits per heavy atom. The number of hydrogen-bond donors (Lipinski definition) is 2. The molecule has 0 unspecified atom stereocenters. The molecule has 126 valence electrons. The van der Waals surface area contributed by atoms with Gasteiger partial charge in [-0.05, 0) is 23.9 Å². The van der Waals surface area contributed by atoms with Crippen LogP contribution in [0.2, 0.25) is 0 Å². The average Bonchev–Trinajstić information content (AvgIpc) is 3.24. The molecule has 2 N–H and O–H groups in total. The van der Waals surface area contributed by atoms with E-state index in [2.05, 4.69) is 15.6 Å². The number of nitrogens with one attached hydrogen (secondary N) is 2. The van der Waals surface area contributed by atoms with E-state index >= 15 is 0 Å². The summed E-state index contributed by atoms with van der Waals surface area (Å²) in [6, 6.07) is 3.28. The van der Waals surface area contributed by atoms with Crippen LogP contribution in [-0.4, -0.2) is 36.0 Å². The van der Waals surface area contributed by atoms with Crippen LogP contribution in [-0.2, 0) is 20.7 Å². The van der Waals surface area contributed by atoms with Crippen molar-refractivity contribution >= 4 is 46.7 Å². The van der Waals surface area contributed by atoms with Crippen molar-refractivity contribution in [3.63, 3.8) is 0 Å². The standard InChI is InChI=1S/C15H15N3O4S2/c19-12(10-22-14(20)4-3-13-16-7-9-24-13)18-15(21)17-6-5-11-2-1-8-23-11/h1-4,7-9H,5-6,10H2,(H2,17,18,19,21)/b4-3+. The van der Waals surface area contributed by atoms with Gasteiger partial charge in [-0.1, -0.05) is 6.07 Å². The van der Waals surface area contributed by atoms with E-state index in [1.807, 2.05) is 17.5 Å². The molecule has 0 saturated heterocycles. The van der Waals surface area contributed by atoms with Crippen LogP contribution in [0.5, 0.6) is 0 Å². The lowest BCUT2D eigenvalue weighted by molar-refractivity contribution is -0.143. The van der Waals surface area contributed by atoms with Crippen LogP contribution in [0.4, 0.5) is 4.79 Å². The molecule has 7 nitrogen and oxygen atoms in total. The summed E-state index contributed by atoms with van der Waals surface area (Å²) in [5, 5.41) is 9.03. The molecular weight excluding hydrogens is 350 g/mol. The lowest BCUT2D eigenvalue weighted by Crippen LogP contribution is -2.42. The fourth-order valence-electron chi connectivity index (χ4n) is 1.60. The third kappa shape index (κ3) is 6.71. The first-order valence-corrected chi connectivity index (χ1v) is 8.74. The molecule has 0 spiro atoms. The fourth-order valence-corrected chi connectivity index (χ4v) is 2.84. The summed E-state index contributed by atoms with van der Waals surface area (Å²) in [5.41, 5.74) is 0. The Kier molecular flexibility index (Phi) is 7.12. The first kappa shape index (κ1) is 17.8. The van der Waals surface area contributed by atoms with Crippen molar-refractivity contribution in [2.24, 2.45) is 0 Å². The van der Waals surface area contributed by atoms with Gasteiger partial charge in [0.1, 0.15) is 5.01 Å². The summed E-state index contributed by atoms with van der Waals surface area (Å²) in [6.45, 7) is -0.116. The number of ether oxygens (including phenoxy) is 1. The largest absolute Gasteiger partial charge is 0.452 e. The predicted molar refractivity (Wildman–Crippen MR) is 91.7 cm³/mol. The Balaban J connectivity index is 1.59. The predicted octanol–water partition coefficient (Wildman–Crippen LogP) is 1.83. The van der Waals surface area contributed by atoms with Crippen LogP contribution in [0, 0.1) is 0 Å². The van der Waals surface area contributed by atoms with Crippen LogP contribution in [0.1, 0.15) is 9.88 Å². The molecule has 0 bridgehead atoms. The highest BCUT2D eigenvalue weighted by Gasteiger charge is 2.09. The minimum atomic E-state index is -0.695. The van der Waals surface area contributed by atoms with Crippen LogP contribution < -0.4 is 10.6 Å². The maximum Gasteiger partial charge on any atom is 0.331 e. The molecule has 0 saturated carbocycles. The Morgan fingerprint density at radius 1 is 1.25 bits per heavy atom. The summed E-state index contributed by atoms with van der Waals surface area (Å²) in [6.07, 6.45) is 4.96. The Bertz CT molecular complexity index is 696. The van der Waals surface area contributed by atoms with Crippen molar-refractivity contribution in [3.8, 4) is 0 Å². The molecule has 2 heterocycles. The average molecular weight is 365 g/mol. The van der Waals surface area contributed by atoms with E-state index in [0.717, 1.165) is 4.88 Å². The summed E-state index contributed by atoms with van der Waals surface area (Å²) in [5.74, 6) is -1.38. The van der Waals surface area contributed by atoms with E-state index in [1.54, 1.807) is 22.9 Å². The third-order valence-corrected chi connectivity index (χ3v) is 4.33. The van der Waals surface area contributed by atoms with Crippen molar-refractivity contribution in [3.05, 3.63) is 45.1 Å². The number of urea groups is 1. The Morgan fingerprint density at radius 3 is 2.83 bits per heavy atom. The second-order valence-electron chi connectivity index (χ2n) is 4.44. The molecule has 24 heavy (non-hydrogen) atoms. The first-order chi connectivity index (χ1) is 11.6. The molecule has 3 amide bonds. The van der Waals surface area contributed by atoms with Crippen molar-refractivity contribution < 1.29 is 19.1 Å². The number of hydrogen-bond acceptors (Lipinski definition) is 7. The molecule has 0 aromatic carbocycles. The normalized spacial score (nSPS) is 10.5. The van der Waals surface area contributed by atoms with E-state index < -0.39 is 24.5 Å². The van der Waals surface area contributed by atoms with Gasteiger partial charge in [-0.2, -0.15) is 0 Å². The monoisotopic (exact) mass is 365 g/mol. The molecular formula is C15H15N3O4S2. The number of rotatable bonds is 7. The maximum absolute atomic E-state index is 11.5. The Labute approximate surface area is 146 Å². The van der Waals surface area contributed by atoms with E-state index in [9.17, 15) is 14.4 Å². The minimum absolute atomic E-state index is 0.413. The van der Waals surface area contributed by atoms with E-state index in [1.165, 1.54) is 23.5 Å². The molecule has 0 radical (unpaired) electrons. The van der Waals surface area contributed by atoms with Crippen LogP contribution >= 0.6 is 22.7 Å². The molecule has 2 aromatic rings. The van der Waals surface area contributed by atoms with Gasteiger partial charge in [0.2, 0.25) is 0 Å². The molecule has 9 heteroatoms. The highest BCUT2D eigenvalue weighted by Crippen LogP contribution is 2.08. The highest BCUT2D eigenvalue weighted by molar-refractivity contribution is 7.10. The van der Waals surface area contributed by atoms with Gasteiger partial charge in [0.05, 0.1) is 0 Å². The highest BCUT2D eigenvalue weighted by atomic mass is 32.1. The topological polar surface area (TPSA) is 97.4 Å². The minimum Gasteiger partial charge on any atom is -0.452 e. The summed E-state index contributed by atoms with van der Waals surface area (Å²) in [7, 11) is 0. The zero-order valence-corrected chi connectivity index (χ0v) is 14.2. The zero-order chi connectivity index (χ0) is 17.2. The molecule has 2 aromatic heterocycles.